The summed E-state index contributed by atoms with van der Waals surface area (Å²) < 4.78 is 0. The van der Waals surface area contributed by atoms with Crippen LogP contribution in [0.3, 0.4) is 0 Å². The smallest absolute Gasteiger partial charge is 0.0702 e. The first-order chi connectivity index (χ1) is 26.5. The minimum absolute atomic E-state index is 0.958. The average molecular weight is 698 g/mol. The van der Waals surface area contributed by atoms with Gasteiger partial charge in [0.1, 0.15) is 0 Å². The van der Waals surface area contributed by atoms with E-state index in [1.807, 2.05) is 57.3 Å². The fourth-order valence-electron chi connectivity index (χ4n) is 7.24. The lowest BCUT2D eigenvalue weighted by Gasteiger charge is -2.22. The molecule has 1 aromatic heterocycles. The van der Waals surface area contributed by atoms with Crippen molar-refractivity contribution in [2.75, 3.05) is 0 Å². The van der Waals surface area contributed by atoms with Crippen molar-refractivity contribution in [1.29, 1.82) is 0 Å². The van der Waals surface area contributed by atoms with Crippen molar-refractivity contribution in [3.05, 3.63) is 200 Å². The van der Waals surface area contributed by atoms with Crippen LogP contribution in [0.2, 0.25) is 0 Å². The Balaban J connectivity index is 0.00000245. The van der Waals surface area contributed by atoms with Gasteiger partial charge in [-0.15, -0.1) is 0 Å². The zero-order chi connectivity index (χ0) is 38.2. The SMILES string of the molecule is C=Cc1c(C(=C)/C(C)=C/C=C\C)cccc1-c1c(C=C)c(C=C)c(-c2ccc(-c3ccc(-c4ccc5ccccc5c4)nc3)cc2)c2ccccc12.CC. The Hall–Kier alpha value is -6.57. The molecule has 0 saturated carbocycles. The number of fused-ring (bicyclic) bond motifs is 2. The summed E-state index contributed by atoms with van der Waals surface area (Å²) in [6, 6.07) is 43.0. The van der Waals surface area contributed by atoms with E-state index in [1.54, 1.807) is 0 Å². The second-order valence-corrected chi connectivity index (χ2v) is 12.9. The van der Waals surface area contributed by atoms with Crippen molar-refractivity contribution in [2.24, 2.45) is 0 Å². The third-order valence-corrected chi connectivity index (χ3v) is 9.94. The zero-order valence-corrected chi connectivity index (χ0v) is 31.9. The molecule has 7 rings (SSSR count). The number of aromatic nitrogens is 1. The Morgan fingerprint density at radius 1 is 0.574 bits per heavy atom. The molecular formula is C53H47N. The third-order valence-electron chi connectivity index (χ3n) is 9.94. The van der Waals surface area contributed by atoms with E-state index in [1.165, 1.54) is 10.8 Å². The van der Waals surface area contributed by atoms with Crippen molar-refractivity contribution in [3.63, 3.8) is 0 Å². The Bertz CT molecular complexity index is 2570. The summed E-state index contributed by atoms with van der Waals surface area (Å²) in [7, 11) is 0. The number of pyridine rings is 1. The van der Waals surface area contributed by atoms with E-state index < -0.39 is 0 Å². The molecule has 0 fully saturated rings. The van der Waals surface area contributed by atoms with Crippen LogP contribution in [0.25, 0.3) is 90.0 Å². The molecule has 0 radical (unpaired) electrons. The van der Waals surface area contributed by atoms with E-state index in [0.717, 1.165) is 88.8 Å². The summed E-state index contributed by atoms with van der Waals surface area (Å²) in [6.07, 6.45) is 14.0. The van der Waals surface area contributed by atoms with E-state index in [2.05, 4.69) is 161 Å². The van der Waals surface area contributed by atoms with Gasteiger partial charge in [-0.3, -0.25) is 4.98 Å². The Morgan fingerprint density at radius 3 is 1.81 bits per heavy atom. The van der Waals surface area contributed by atoms with Crippen LogP contribution in [0.15, 0.2) is 178 Å². The summed E-state index contributed by atoms with van der Waals surface area (Å²) in [5.74, 6) is 0. The van der Waals surface area contributed by atoms with Gasteiger partial charge in [0, 0.05) is 17.3 Å². The van der Waals surface area contributed by atoms with Crippen molar-refractivity contribution >= 4 is 45.3 Å². The minimum Gasteiger partial charge on any atom is -0.256 e. The molecule has 0 aliphatic rings. The molecule has 1 heterocycles. The molecule has 0 bridgehead atoms. The maximum Gasteiger partial charge on any atom is 0.0702 e. The van der Waals surface area contributed by atoms with Gasteiger partial charge in [-0.2, -0.15) is 0 Å². The molecule has 0 amide bonds. The number of nitrogens with zero attached hydrogens (tertiary/aromatic N) is 1. The van der Waals surface area contributed by atoms with E-state index in [4.69, 9.17) is 4.98 Å². The van der Waals surface area contributed by atoms with Gasteiger partial charge in [0.25, 0.3) is 0 Å². The maximum atomic E-state index is 4.85. The molecule has 54 heavy (non-hydrogen) atoms. The average Bonchev–Trinajstić information content (AvgIpc) is 3.24. The topological polar surface area (TPSA) is 12.9 Å². The highest BCUT2D eigenvalue weighted by Gasteiger charge is 2.21. The predicted molar refractivity (Wildman–Crippen MR) is 240 cm³/mol. The number of allylic oxidation sites excluding steroid dienone is 5. The van der Waals surface area contributed by atoms with Crippen LogP contribution in [-0.2, 0) is 0 Å². The zero-order valence-electron chi connectivity index (χ0n) is 31.9. The highest BCUT2D eigenvalue weighted by Crippen LogP contribution is 2.45. The molecule has 0 unspecified atom stereocenters. The van der Waals surface area contributed by atoms with E-state index in [9.17, 15) is 0 Å². The standard InChI is InChI=1S/C51H41N.C2H6/c1-7-11-17-34(5)35(6)45-22-16-23-46(42(45)8-2)51-44(10-4)43(9-3)50(47-20-14-15-21-48(47)51)38-27-24-37(25-28-38)41-30-31-49(52-33-41)40-29-26-36-18-12-13-19-39(36)32-40;1-2/h7-33H,2-4,6H2,1,5H3;1-2H3/b11-7-,34-17+;. The van der Waals surface area contributed by atoms with Crippen molar-refractivity contribution in [1.82, 2.24) is 4.98 Å². The molecule has 0 aliphatic heterocycles. The molecule has 0 N–H and O–H groups in total. The first-order valence-electron chi connectivity index (χ1n) is 18.6. The quantitative estimate of drug-likeness (QED) is 0.130. The fraction of sp³-hybridized carbons (Fsp3) is 0.0755. The van der Waals surface area contributed by atoms with Gasteiger partial charge in [0.05, 0.1) is 5.69 Å². The van der Waals surface area contributed by atoms with Crippen LogP contribution in [0.1, 0.15) is 49.9 Å². The van der Waals surface area contributed by atoms with Crippen LogP contribution in [-0.4, -0.2) is 4.98 Å². The maximum absolute atomic E-state index is 4.85. The molecule has 0 atom stereocenters. The Labute approximate surface area is 321 Å². The van der Waals surface area contributed by atoms with Gasteiger partial charge in [-0.1, -0.05) is 186 Å². The number of hydrogen-bond donors (Lipinski definition) is 0. The summed E-state index contributed by atoms with van der Waals surface area (Å²) >= 11 is 0. The summed E-state index contributed by atoms with van der Waals surface area (Å²) in [4.78, 5) is 4.85. The fourth-order valence-corrected chi connectivity index (χ4v) is 7.24. The number of rotatable bonds is 10. The highest BCUT2D eigenvalue weighted by atomic mass is 14.7. The lowest BCUT2D eigenvalue weighted by Crippen LogP contribution is -1.99. The lowest BCUT2D eigenvalue weighted by molar-refractivity contribution is 1.33. The molecule has 6 aromatic carbocycles. The van der Waals surface area contributed by atoms with Crippen LogP contribution < -0.4 is 0 Å². The van der Waals surface area contributed by atoms with Crippen LogP contribution in [0, 0.1) is 0 Å². The van der Waals surface area contributed by atoms with E-state index in [-0.39, 0.29) is 0 Å². The normalized spacial score (nSPS) is 11.3. The summed E-state index contributed by atoms with van der Waals surface area (Å²) in [5, 5.41) is 4.73. The highest BCUT2D eigenvalue weighted by molar-refractivity contribution is 6.13. The largest absolute Gasteiger partial charge is 0.256 e. The van der Waals surface area contributed by atoms with Crippen molar-refractivity contribution < 1.29 is 0 Å². The summed E-state index contributed by atoms with van der Waals surface area (Å²) in [5.41, 5.74) is 14.9. The monoisotopic (exact) mass is 697 g/mol. The van der Waals surface area contributed by atoms with Gasteiger partial charge < -0.3 is 0 Å². The molecule has 1 heteroatoms. The third kappa shape index (κ3) is 7.09. The van der Waals surface area contributed by atoms with Gasteiger partial charge >= 0.3 is 0 Å². The number of benzene rings is 6. The van der Waals surface area contributed by atoms with Gasteiger partial charge in [-0.25, -0.2) is 0 Å². The molecule has 264 valence electrons. The van der Waals surface area contributed by atoms with Crippen LogP contribution >= 0.6 is 0 Å². The molecule has 7 aromatic rings. The molecular weight excluding hydrogens is 651 g/mol. The molecule has 0 aliphatic carbocycles. The van der Waals surface area contributed by atoms with Gasteiger partial charge in [0.2, 0.25) is 0 Å². The first-order valence-corrected chi connectivity index (χ1v) is 18.6. The van der Waals surface area contributed by atoms with E-state index in [0.29, 0.717) is 0 Å². The van der Waals surface area contributed by atoms with Crippen molar-refractivity contribution in [3.8, 4) is 44.6 Å². The number of hydrogen-bond acceptors (Lipinski definition) is 1. The Kier molecular flexibility index (Phi) is 11.6. The summed E-state index contributed by atoms with van der Waals surface area (Å²) in [6.45, 7) is 25.5. The first kappa shape index (κ1) is 37.2. The van der Waals surface area contributed by atoms with Gasteiger partial charge in [-0.05, 0) is 109 Å². The molecule has 0 spiro atoms. The van der Waals surface area contributed by atoms with Crippen LogP contribution in [0.4, 0.5) is 0 Å². The van der Waals surface area contributed by atoms with E-state index >= 15 is 0 Å². The second-order valence-electron chi connectivity index (χ2n) is 12.9. The van der Waals surface area contributed by atoms with Crippen molar-refractivity contribution in [2.45, 2.75) is 27.7 Å². The minimum atomic E-state index is 0.958. The molecule has 1 nitrogen and oxygen atoms in total. The molecule has 0 saturated heterocycles. The van der Waals surface area contributed by atoms with Gasteiger partial charge in [0.15, 0.2) is 0 Å². The van der Waals surface area contributed by atoms with Crippen LogP contribution in [0.5, 0.6) is 0 Å². The predicted octanol–water partition coefficient (Wildman–Crippen LogP) is 15.5. The lowest BCUT2D eigenvalue weighted by atomic mass is 9.81. The second kappa shape index (κ2) is 16.8. The Morgan fingerprint density at radius 2 is 1.17 bits per heavy atom.